The lowest BCUT2D eigenvalue weighted by molar-refractivity contribution is 0.661. The van der Waals surface area contributed by atoms with Crippen LogP contribution in [0.4, 0.5) is 0 Å². The van der Waals surface area contributed by atoms with Crippen molar-refractivity contribution in [3.8, 4) is 56.2 Å². The first-order valence-corrected chi connectivity index (χ1v) is 17.6. The van der Waals surface area contributed by atoms with Gasteiger partial charge in [-0.05, 0) is 86.3 Å². The summed E-state index contributed by atoms with van der Waals surface area (Å²) in [6.45, 7) is 6.99. The van der Waals surface area contributed by atoms with Gasteiger partial charge in [-0.15, -0.1) is 0 Å². The van der Waals surface area contributed by atoms with Gasteiger partial charge in [0, 0.05) is 43.8 Å². The molecule has 3 nitrogen and oxygen atoms in total. The summed E-state index contributed by atoms with van der Waals surface area (Å²) < 4.78 is 6.54. The number of aromatic nitrogens is 2. The van der Waals surface area contributed by atoms with Crippen molar-refractivity contribution in [2.24, 2.45) is 0 Å². The van der Waals surface area contributed by atoms with E-state index in [4.69, 9.17) is 14.4 Å². The molecule has 0 saturated heterocycles. The molecule has 0 saturated carbocycles. The van der Waals surface area contributed by atoms with Crippen LogP contribution in [0.1, 0.15) is 37.5 Å². The van der Waals surface area contributed by atoms with Gasteiger partial charge < -0.3 is 4.42 Å². The largest absolute Gasteiger partial charge is 0.456 e. The molecule has 0 amide bonds. The average Bonchev–Trinajstić information content (AvgIpc) is 3.61. The smallest absolute Gasteiger partial charge is 0.160 e. The highest BCUT2D eigenvalue weighted by Gasteiger charge is 2.41. The molecule has 0 atom stereocenters. The highest BCUT2D eigenvalue weighted by Crippen LogP contribution is 2.59. The zero-order chi connectivity index (χ0) is 33.3. The Kier molecular flexibility index (Phi) is 5.44. The molecule has 2 aliphatic carbocycles. The summed E-state index contributed by atoms with van der Waals surface area (Å²) in [4.78, 5) is 10.8. The molecule has 0 bridgehead atoms. The van der Waals surface area contributed by atoms with Crippen molar-refractivity contribution in [1.29, 1.82) is 0 Å². The van der Waals surface area contributed by atoms with Crippen molar-refractivity contribution in [1.82, 2.24) is 9.97 Å². The number of furan rings is 1. The average molecular weight is 641 g/mol. The number of hydrogen-bond donors (Lipinski definition) is 0. The molecule has 9 aromatic rings. The summed E-state index contributed by atoms with van der Waals surface area (Å²) >= 11 is 0. The Morgan fingerprint density at radius 3 is 2.10 bits per heavy atom. The van der Waals surface area contributed by atoms with Crippen LogP contribution in [0.2, 0.25) is 0 Å². The number of nitrogens with zero attached hydrogens (tertiary/aromatic N) is 2. The van der Waals surface area contributed by atoms with Gasteiger partial charge in [0.05, 0.1) is 11.4 Å². The molecular formula is C47H32N2O. The molecule has 0 radical (unpaired) electrons. The van der Waals surface area contributed by atoms with Crippen LogP contribution in [0.15, 0.2) is 132 Å². The van der Waals surface area contributed by atoms with E-state index >= 15 is 0 Å². The van der Waals surface area contributed by atoms with Crippen molar-refractivity contribution in [2.45, 2.75) is 32.6 Å². The highest BCUT2D eigenvalue weighted by atomic mass is 16.3. The molecule has 0 fully saturated rings. The van der Waals surface area contributed by atoms with Crippen molar-refractivity contribution >= 4 is 43.5 Å². The molecule has 2 aliphatic rings. The number of benzene rings is 7. The molecule has 0 N–H and O–H groups in total. The Labute approximate surface area is 289 Å². The van der Waals surface area contributed by atoms with Crippen molar-refractivity contribution in [3.63, 3.8) is 0 Å². The van der Waals surface area contributed by atoms with Gasteiger partial charge in [-0.3, -0.25) is 0 Å². The minimum absolute atomic E-state index is 0.205. The van der Waals surface area contributed by atoms with E-state index in [1.807, 2.05) is 6.07 Å². The topological polar surface area (TPSA) is 38.9 Å². The van der Waals surface area contributed by atoms with Crippen molar-refractivity contribution in [2.75, 3.05) is 0 Å². The zero-order valence-corrected chi connectivity index (χ0v) is 28.1. The van der Waals surface area contributed by atoms with Gasteiger partial charge in [0.25, 0.3) is 0 Å². The monoisotopic (exact) mass is 640 g/mol. The lowest BCUT2D eigenvalue weighted by atomic mass is 9.80. The summed E-state index contributed by atoms with van der Waals surface area (Å²) in [7, 11) is 0. The Hall–Kier alpha value is -6.06. The maximum absolute atomic E-state index is 6.54. The molecule has 2 aromatic heterocycles. The van der Waals surface area contributed by atoms with Gasteiger partial charge in [-0.1, -0.05) is 118 Å². The SMILES string of the molecule is CCc1c(-c2cc3c4c(c2)C(C)(C)c2ccc5ccc6oc7cccc-3c7c6c5c2-4)nc(-c2ccccc2)nc1-c1ccc2ccccc2c1. The molecule has 2 heterocycles. The van der Waals surface area contributed by atoms with Crippen LogP contribution < -0.4 is 0 Å². The fourth-order valence-electron chi connectivity index (χ4n) is 8.98. The molecule has 236 valence electrons. The lowest BCUT2D eigenvalue weighted by Gasteiger charge is -2.24. The van der Waals surface area contributed by atoms with Gasteiger partial charge in [0.1, 0.15) is 11.2 Å². The number of hydrogen-bond acceptors (Lipinski definition) is 3. The normalized spacial score (nSPS) is 13.7. The Balaban J connectivity index is 1.26. The van der Waals surface area contributed by atoms with Crippen LogP contribution in [0, 0.1) is 0 Å². The van der Waals surface area contributed by atoms with Crippen LogP contribution in [-0.2, 0) is 11.8 Å². The minimum atomic E-state index is -0.205. The Morgan fingerprint density at radius 2 is 1.26 bits per heavy atom. The first-order valence-electron chi connectivity index (χ1n) is 17.6. The third kappa shape index (κ3) is 3.59. The van der Waals surface area contributed by atoms with Crippen LogP contribution >= 0.6 is 0 Å². The summed E-state index contributed by atoms with van der Waals surface area (Å²) in [5.74, 6) is 0.739. The van der Waals surface area contributed by atoms with Gasteiger partial charge in [0.2, 0.25) is 0 Å². The maximum atomic E-state index is 6.54. The Morgan fingerprint density at radius 1 is 0.520 bits per heavy atom. The Bertz CT molecular complexity index is 2930. The number of rotatable bonds is 4. The van der Waals surface area contributed by atoms with E-state index in [0.717, 1.165) is 57.1 Å². The van der Waals surface area contributed by atoms with E-state index in [1.54, 1.807) is 0 Å². The molecule has 0 aliphatic heterocycles. The van der Waals surface area contributed by atoms with E-state index in [-0.39, 0.29) is 5.41 Å². The molecule has 7 aromatic carbocycles. The van der Waals surface area contributed by atoms with Gasteiger partial charge in [-0.25, -0.2) is 9.97 Å². The summed E-state index contributed by atoms with van der Waals surface area (Å²) in [5.41, 5.74) is 15.9. The molecule has 11 rings (SSSR count). The number of fused-ring (bicyclic) bond motifs is 2. The molecule has 0 unspecified atom stereocenters. The zero-order valence-electron chi connectivity index (χ0n) is 28.1. The summed E-state index contributed by atoms with van der Waals surface area (Å²) in [5, 5.41) is 7.43. The van der Waals surface area contributed by atoms with E-state index in [1.165, 1.54) is 65.7 Å². The van der Waals surface area contributed by atoms with Crippen LogP contribution in [0.5, 0.6) is 0 Å². The molecular weight excluding hydrogens is 609 g/mol. The van der Waals surface area contributed by atoms with Crippen molar-refractivity contribution < 1.29 is 4.42 Å². The van der Waals surface area contributed by atoms with Crippen LogP contribution in [0.25, 0.3) is 99.6 Å². The van der Waals surface area contributed by atoms with Crippen LogP contribution in [0.3, 0.4) is 0 Å². The van der Waals surface area contributed by atoms with Crippen molar-refractivity contribution in [3.05, 3.63) is 144 Å². The second-order valence-electron chi connectivity index (χ2n) is 14.4. The van der Waals surface area contributed by atoms with Gasteiger partial charge in [0.15, 0.2) is 5.82 Å². The van der Waals surface area contributed by atoms with Gasteiger partial charge >= 0.3 is 0 Å². The second kappa shape index (κ2) is 9.77. The predicted octanol–water partition coefficient (Wildman–Crippen LogP) is 12.5. The third-order valence-electron chi connectivity index (χ3n) is 11.4. The first-order chi connectivity index (χ1) is 24.5. The predicted molar refractivity (Wildman–Crippen MR) is 207 cm³/mol. The maximum Gasteiger partial charge on any atom is 0.160 e. The first kappa shape index (κ1) is 27.8. The fourth-order valence-corrected chi connectivity index (χ4v) is 8.98. The quantitative estimate of drug-likeness (QED) is 0.192. The highest BCUT2D eigenvalue weighted by molar-refractivity contribution is 6.30. The van der Waals surface area contributed by atoms with E-state index in [9.17, 15) is 0 Å². The molecule has 3 heteroatoms. The summed E-state index contributed by atoms with van der Waals surface area (Å²) in [6, 6.07) is 46.0. The lowest BCUT2D eigenvalue weighted by Crippen LogP contribution is -2.15. The summed E-state index contributed by atoms with van der Waals surface area (Å²) in [6.07, 6.45) is 0.798. The second-order valence-corrected chi connectivity index (χ2v) is 14.4. The fraction of sp³-hybridized carbons (Fsp3) is 0.106. The van der Waals surface area contributed by atoms with E-state index in [0.29, 0.717) is 0 Å². The third-order valence-corrected chi connectivity index (χ3v) is 11.4. The van der Waals surface area contributed by atoms with Gasteiger partial charge in [-0.2, -0.15) is 0 Å². The standard InChI is InChI=1S/C47H32N2O/c1-4-32-44(30-18-17-26-11-8-9-14-29(26)23-30)48-46(28-12-6-5-7-13-28)49-45(32)31-24-34-33-15-10-16-37-41(33)43-38(50-37)22-20-27-19-21-35-42(39(27)43)40(34)36(25-31)47(35,2)3/h5-25H,4H2,1-3H3. The van der Waals surface area contributed by atoms with Crippen LogP contribution in [-0.4, -0.2) is 9.97 Å². The van der Waals surface area contributed by atoms with E-state index in [2.05, 4.69) is 142 Å². The van der Waals surface area contributed by atoms with E-state index < -0.39 is 0 Å². The molecule has 0 spiro atoms. The minimum Gasteiger partial charge on any atom is -0.456 e. The molecule has 50 heavy (non-hydrogen) atoms.